The average Bonchev–Trinajstić information content (AvgIpc) is 3.33. The zero-order valence-electron chi connectivity index (χ0n) is 15.5. The van der Waals surface area contributed by atoms with Gasteiger partial charge in [0, 0.05) is 30.3 Å². The molecule has 3 atom stereocenters. The van der Waals surface area contributed by atoms with E-state index in [1.54, 1.807) is 0 Å². The fourth-order valence-electron chi connectivity index (χ4n) is 5.05. The number of nitrogens with one attached hydrogen (secondary N) is 2. The summed E-state index contributed by atoms with van der Waals surface area (Å²) >= 11 is 0. The van der Waals surface area contributed by atoms with Crippen LogP contribution in [0.5, 0.6) is 0 Å². The van der Waals surface area contributed by atoms with Crippen LogP contribution in [0.3, 0.4) is 0 Å². The Kier molecular flexibility index (Phi) is 4.63. The van der Waals surface area contributed by atoms with Gasteiger partial charge in [0.1, 0.15) is 5.54 Å². The molecular weight excluding hydrogens is 346 g/mol. The summed E-state index contributed by atoms with van der Waals surface area (Å²) in [5, 5.41) is 5.94. The number of fused-ring (bicyclic) bond motifs is 4. The van der Waals surface area contributed by atoms with E-state index < -0.39 is 11.5 Å². The predicted octanol–water partition coefficient (Wildman–Crippen LogP) is 1.39. The Morgan fingerprint density at radius 3 is 3.00 bits per heavy atom. The molecule has 144 valence electrons. The number of para-hydroxylation sites is 1. The largest absolute Gasteiger partial charge is 0.469 e. The highest BCUT2D eigenvalue weighted by molar-refractivity contribution is 6.09. The maximum atomic E-state index is 13.2. The molecule has 2 fully saturated rings. The van der Waals surface area contributed by atoms with Crippen LogP contribution in [0.1, 0.15) is 37.7 Å². The van der Waals surface area contributed by atoms with Gasteiger partial charge in [-0.1, -0.05) is 18.2 Å². The first-order chi connectivity index (χ1) is 13.1. The number of benzene rings is 1. The quantitative estimate of drug-likeness (QED) is 0.603. The van der Waals surface area contributed by atoms with Gasteiger partial charge in [-0.2, -0.15) is 0 Å². The van der Waals surface area contributed by atoms with Crippen molar-refractivity contribution in [3.05, 3.63) is 29.8 Å². The van der Waals surface area contributed by atoms with E-state index >= 15 is 0 Å². The molecule has 0 bridgehead atoms. The molecule has 3 aliphatic rings. The van der Waals surface area contributed by atoms with Gasteiger partial charge in [0.05, 0.1) is 13.0 Å². The standard InChI is InChI=1S/C20H25N3O4/c1-27-17(24)9-4-10-21-18(25)15-12-13-6-5-11-23(13)20(15)14-7-2-3-8-16(14)22-19(20)26/h2-3,7-8,13,15H,4-6,9-12H2,1H3,(H,21,25)(H,22,26)/t13-,15+,20+/m1/s1. The number of methoxy groups -OCH3 is 1. The van der Waals surface area contributed by atoms with E-state index in [1.807, 2.05) is 24.3 Å². The van der Waals surface area contributed by atoms with E-state index in [9.17, 15) is 14.4 Å². The van der Waals surface area contributed by atoms with E-state index in [4.69, 9.17) is 0 Å². The molecule has 4 rings (SSSR count). The van der Waals surface area contributed by atoms with Crippen LogP contribution < -0.4 is 10.6 Å². The predicted molar refractivity (Wildman–Crippen MR) is 98.8 cm³/mol. The van der Waals surface area contributed by atoms with Gasteiger partial charge in [-0.05, 0) is 38.3 Å². The zero-order chi connectivity index (χ0) is 19.0. The summed E-state index contributed by atoms with van der Waals surface area (Å²) in [5.41, 5.74) is 0.803. The Morgan fingerprint density at radius 1 is 1.37 bits per heavy atom. The van der Waals surface area contributed by atoms with Gasteiger partial charge in [0.25, 0.3) is 0 Å². The lowest BCUT2D eigenvalue weighted by atomic mass is 9.78. The summed E-state index contributed by atoms with van der Waals surface area (Å²) in [6.45, 7) is 1.23. The smallest absolute Gasteiger partial charge is 0.305 e. The van der Waals surface area contributed by atoms with E-state index in [2.05, 4.69) is 20.3 Å². The van der Waals surface area contributed by atoms with Crippen LogP contribution in [0.2, 0.25) is 0 Å². The third kappa shape index (κ3) is 2.72. The number of hydrogen-bond donors (Lipinski definition) is 2. The second kappa shape index (κ2) is 6.96. The molecule has 3 heterocycles. The first-order valence-electron chi connectivity index (χ1n) is 9.61. The molecule has 0 radical (unpaired) electrons. The lowest BCUT2D eigenvalue weighted by Gasteiger charge is -2.36. The lowest BCUT2D eigenvalue weighted by molar-refractivity contribution is -0.141. The third-order valence-corrected chi connectivity index (χ3v) is 6.18. The highest BCUT2D eigenvalue weighted by Crippen LogP contribution is 2.55. The van der Waals surface area contributed by atoms with E-state index in [-0.39, 0.29) is 30.2 Å². The van der Waals surface area contributed by atoms with Crippen LogP contribution >= 0.6 is 0 Å². The molecule has 2 amide bonds. The molecular formula is C20H25N3O4. The van der Waals surface area contributed by atoms with Crippen LogP contribution in [0.15, 0.2) is 24.3 Å². The van der Waals surface area contributed by atoms with Crippen LogP contribution in [0.25, 0.3) is 0 Å². The molecule has 2 saturated heterocycles. The number of amides is 2. The van der Waals surface area contributed by atoms with Gasteiger partial charge < -0.3 is 15.4 Å². The second-order valence-electron chi connectivity index (χ2n) is 7.51. The highest BCUT2D eigenvalue weighted by atomic mass is 16.5. The molecule has 1 aromatic rings. The van der Waals surface area contributed by atoms with Gasteiger partial charge >= 0.3 is 5.97 Å². The monoisotopic (exact) mass is 371 g/mol. The zero-order valence-corrected chi connectivity index (χ0v) is 15.5. The normalized spacial score (nSPS) is 28.7. The molecule has 1 spiro atoms. The molecule has 1 aromatic carbocycles. The van der Waals surface area contributed by atoms with E-state index in [1.165, 1.54) is 7.11 Å². The molecule has 0 unspecified atom stereocenters. The minimum atomic E-state index is -0.913. The van der Waals surface area contributed by atoms with Gasteiger partial charge in [-0.25, -0.2) is 0 Å². The number of nitrogens with zero attached hydrogens (tertiary/aromatic N) is 1. The van der Waals surface area contributed by atoms with Crippen molar-refractivity contribution in [2.24, 2.45) is 5.92 Å². The molecule has 27 heavy (non-hydrogen) atoms. The summed E-state index contributed by atoms with van der Waals surface area (Å²) in [6.07, 6.45) is 3.54. The minimum absolute atomic E-state index is 0.0946. The Labute approximate surface area is 158 Å². The first kappa shape index (κ1) is 18.0. The number of esters is 1. The Morgan fingerprint density at radius 2 is 2.19 bits per heavy atom. The highest BCUT2D eigenvalue weighted by Gasteiger charge is 2.65. The molecule has 3 aliphatic heterocycles. The third-order valence-electron chi connectivity index (χ3n) is 6.18. The van der Waals surface area contributed by atoms with Crippen molar-refractivity contribution in [3.8, 4) is 0 Å². The van der Waals surface area contributed by atoms with Crippen molar-refractivity contribution in [2.45, 2.75) is 43.7 Å². The average molecular weight is 371 g/mol. The summed E-state index contributed by atoms with van der Waals surface area (Å²) in [4.78, 5) is 39.7. The Hall–Kier alpha value is -2.41. The maximum Gasteiger partial charge on any atom is 0.305 e. The Balaban J connectivity index is 1.58. The first-order valence-corrected chi connectivity index (χ1v) is 9.61. The van der Waals surface area contributed by atoms with Crippen molar-refractivity contribution in [2.75, 3.05) is 25.5 Å². The summed E-state index contributed by atoms with van der Waals surface area (Å²) in [6, 6.07) is 7.95. The number of ether oxygens (including phenoxy) is 1. The molecule has 2 N–H and O–H groups in total. The van der Waals surface area contributed by atoms with E-state index in [0.29, 0.717) is 19.4 Å². The van der Waals surface area contributed by atoms with Crippen molar-refractivity contribution < 1.29 is 19.1 Å². The lowest BCUT2D eigenvalue weighted by Crippen LogP contribution is -2.54. The molecule has 0 aromatic heterocycles. The van der Waals surface area contributed by atoms with E-state index in [0.717, 1.165) is 30.6 Å². The molecule has 7 heteroatoms. The molecule has 0 saturated carbocycles. The maximum absolute atomic E-state index is 13.2. The second-order valence-corrected chi connectivity index (χ2v) is 7.51. The van der Waals surface area contributed by atoms with Gasteiger partial charge in [0.15, 0.2) is 0 Å². The van der Waals surface area contributed by atoms with Crippen molar-refractivity contribution in [1.29, 1.82) is 0 Å². The SMILES string of the molecule is COC(=O)CCCNC(=O)[C@@H]1C[C@H]2CCCN2[C@]12C(=O)Nc1ccccc12. The number of anilines is 1. The summed E-state index contributed by atoms with van der Waals surface area (Å²) in [7, 11) is 1.35. The Bertz CT molecular complexity index is 780. The van der Waals surface area contributed by atoms with Gasteiger partial charge in [-0.3, -0.25) is 19.3 Å². The van der Waals surface area contributed by atoms with Crippen molar-refractivity contribution in [1.82, 2.24) is 10.2 Å². The van der Waals surface area contributed by atoms with Crippen LogP contribution in [-0.2, 0) is 24.7 Å². The van der Waals surface area contributed by atoms with Gasteiger partial charge in [0.2, 0.25) is 11.8 Å². The minimum Gasteiger partial charge on any atom is -0.469 e. The van der Waals surface area contributed by atoms with Crippen molar-refractivity contribution in [3.63, 3.8) is 0 Å². The number of hydrogen-bond acceptors (Lipinski definition) is 5. The number of carbonyl (C=O) groups is 3. The fraction of sp³-hybridized carbons (Fsp3) is 0.550. The van der Waals surface area contributed by atoms with Gasteiger partial charge in [-0.15, -0.1) is 0 Å². The number of carbonyl (C=O) groups excluding carboxylic acids is 3. The summed E-state index contributed by atoms with van der Waals surface area (Å²) < 4.78 is 4.63. The van der Waals surface area contributed by atoms with Crippen molar-refractivity contribution >= 4 is 23.5 Å². The fourth-order valence-corrected chi connectivity index (χ4v) is 5.05. The topological polar surface area (TPSA) is 87.7 Å². The van der Waals surface area contributed by atoms with Crippen LogP contribution in [0, 0.1) is 5.92 Å². The summed E-state index contributed by atoms with van der Waals surface area (Å²) in [5.74, 6) is -0.917. The molecule has 7 nitrogen and oxygen atoms in total. The number of rotatable bonds is 5. The molecule has 0 aliphatic carbocycles. The van der Waals surface area contributed by atoms with Crippen LogP contribution in [-0.4, -0.2) is 48.9 Å². The van der Waals surface area contributed by atoms with Crippen LogP contribution in [0.4, 0.5) is 5.69 Å².